The van der Waals surface area contributed by atoms with Gasteiger partial charge in [0.15, 0.2) is 5.82 Å². The molecule has 1 amide bonds. The number of rotatable bonds is 6. The van der Waals surface area contributed by atoms with Crippen molar-refractivity contribution in [2.45, 2.75) is 38.8 Å². The molecule has 0 saturated carbocycles. The van der Waals surface area contributed by atoms with Crippen molar-refractivity contribution in [1.82, 2.24) is 14.9 Å². The number of pyridine rings is 1. The number of nitrogens with zero attached hydrogens (tertiary/aromatic N) is 2. The number of amides is 1. The number of nitrogens with one attached hydrogen (secondary N) is 2. The van der Waals surface area contributed by atoms with E-state index in [1.165, 1.54) is 15.9 Å². The van der Waals surface area contributed by atoms with Crippen molar-refractivity contribution >= 4 is 17.4 Å². The molecule has 0 aliphatic rings. The molecule has 0 aliphatic heterocycles. The zero-order valence-electron chi connectivity index (χ0n) is 14.2. The lowest BCUT2D eigenvalue weighted by Gasteiger charge is -2.07. The van der Waals surface area contributed by atoms with Crippen molar-refractivity contribution in [1.29, 1.82) is 0 Å². The Kier molecular flexibility index (Phi) is 6.46. The van der Waals surface area contributed by atoms with Crippen LogP contribution in [0.1, 0.15) is 43.9 Å². The van der Waals surface area contributed by atoms with Crippen LogP contribution in [0.3, 0.4) is 0 Å². The fourth-order valence-electron chi connectivity index (χ4n) is 2.27. The van der Waals surface area contributed by atoms with Crippen LogP contribution in [-0.4, -0.2) is 27.0 Å². The first-order chi connectivity index (χ1) is 12.4. The smallest absolute Gasteiger partial charge is 0.359 e. The van der Waals surface area contributed by atoms with Gasteiger partial charge in [0.05, 0.1) is 12.1 Å². The van der Waals surface area contributed by atoms with Crippen LogP contribution < -0.4 is 10.8 Å². The Morgan fingerprint density at radius 1 is 1.35 bits per heavy atom. The molecule has 0 aliphatic carbocycles. The number of halogens is 3. The lowest BCUT2D eigenvalue weighted by Crippen LogP contribution is -2.27. The lowest BCUT2D eigenvalue weighted by molar-refractivity contribution is -0.137. The molecule has 2 heterocycles. The molecule has 26 heavy (non-hydrogen) atoms. The molecule has 0 bridgehead atoms. The average Bonchev–Trinajstić information content (AvgIpc) is 2.95. The summed E-state index contributed by atoms with van der Waals surface area (Å²) in [6.45, 7) is 1.77. The highest BCUT2D eigenvalue weighted by Gasteiger charge is 2.31. The quantitative estimate of drug-likeness (QED) is 0.317. The Morgan fingerprint density at radius 2 is 2.12 bits per heavy atom. The molecule has 0 aromatic carbocycles. The summed E-state index contributed by atoms with van der Waals surface area (Å²) in [6, 6.07) is 2.17. The summed E-state index contributed by atoms with van der Waals surface area (Å²) in [7, 11) is 0. The van der Waals surface area contributed by atoms with E-state index >= 15 is 0 Å². The van der Waals surface area contributed by atoms with E-state index in [9.17, 15) is 18.0 Å². The van der Waals surface area contributed by atoms with Crippen LogP contribution in [0.15, 0.2) is 18.3 Å². The Morgan fingerprint density at radius 3 is 2.77 bits per heavy atom. The number of aromatic nitrogens is 2. The highest BCUT2D eigenvalue weighted by atomic mass is 19.4. The number of carbonyl (C=O) groups excluding carboxylic acids is 1. The van der Waals surface area contributed by atoms with Crippen LogP contribution in [0, 0.1) is 11.8 Å². The van der Waals surface area contributed by atoms with Crippen LogP contribution in [0.2, 0.25) is 0 Å². The van der Waals surface area contributed by atoms with Gasteiger partial charge in [0.25, 0.3) is 5.91 Å². The van der Waals surface area contributed by atoms with Gasteiger partial charge < -0.3 is 5.32 Å². The molecule has 2 rings (SSSR count). The number of imidazole rings is 1. The Hall–Kier alpha value is -2.73. The first-order valence-corrected chi connectivity index (χ1v) is 8.11. The van der Waals surface area contributed by atoms with E-state index in [2.05, 4.69) is 29.1 Å². The molecule has 140 valence electrons. The van der Waals surface area contributed by atoms with Crippen LogP contribution in [0.4, 0.5) is 19.0 Å². The van der Waals surface area contributed by atoms with E-state index in [4.69, 9.17) is 5.21 Å². The average molecular weight is 368 g/mol. The van der Waals surface area contributed by atoms with E-state index in [1.54, 1.807) is 0 Å². The summed E-state index contributed by atoms with van der Waals surface area (Å²) >= 11 is 0. The van der Waals surface area contributed by atoms with E-state index < -0.39 is 17.6 Å². The standard InChI is InChI=1S/C17H19F3N4O2/c1-2-3-4-5-6-7-13-16(21-10-15(25)23-26)22-14-9-8-12(11-24(13)14)17(18,19)20/h8-9,11,21,26H,2-5,10H2,1H3,(H,23,25). The van der Waals surface area contributed by atoms with Crippen molar-refractivity contribution < 1.29 is 23.2 Å². The van der Waals surface area contributed by atoms with Crippen molar-refractivity contribution in [2.24, 2.45) is 0 Å². The van der Waals surface area contributed by atoms with Crippen LogP contribution in [0.5, 0.6) is 0 Å². The number of carbonyl (C=O) groups is 1. The fourth-order valence-corrected chi connectivity index (χ4v) is 2.27. The van der Waals surface area contributed by atoms with Crippen molar-refractivity contribution in [3.63, 3.8) is 0 Å². The number of anilines is 1. The van der Waals surface area contributed by atoms with E-state index in [0.29, 0.717) is 6.42 Å². The van der Waals surface area contributed by atoms with Gasteiger partial charge in [-0.05, 0) is 24.5 Å². The second-order valence-corrected chi connectivity index (χ2v) is 5.60. The maximum absolute atomic E-state index is 13.0. The summed E-state index contributed by atoms with van der Waals surface area (Å²) in [5.74, 6) is 5.24. The predicted molar refractivity (Wildman–Crippen MR) is 89.6 cm³/mol. The number of hydrogen-bond acceptors (Lipinski definition) is 4. The van der Waals surface area contributed by atoms with Gasteiger partial charge in [0.1, 0.15) is 11.3 Å². The third-order valence-electron chi connectivity index (χ3n) is 3.60. The highest BCUT2D eigenvalue weighted by molar-refractivity contribution is 5.80. The Balaban J connectivity index is 2.40. The number of hydroxylamine groups is 1. The van der Waals surface area contributed by atoms with Gasteiger partial charge >= 0.3 is 6.18 Å². The lowest BCUT2D eigenvalue weighted by atomic mass is 10.2. The second-order valence-electron chi connectivity index (χ2n) is 5.60. The highest BCUT2D eigenvalue weighted by Crippen LogP contribution is 2.30. The third kappa shape index (κ3) is 4.89. The molecule has 2 aromatic heterocycles. The SMILES string of the molecule is CCCCCC#Cc1c(NCC(=O)NO)nc2ccc(C(F)(F)F)cn12. The largest absolute Gasteiger partial charge is 0.417 e. The van der Waals surface area contributed by atoms with Crippen molar-refractivity contribution in [3.05, 3.63) is 29.6 Å². The first kappa shape index (κ1) is 19.6. The van der Waals surface area contributed by atoms with Gasteiger partial charge in [0.2, 0.25) is 0 Å². The van der Waals surface area contributed by atoms with Crippen LogP contribution in [0.25, 0.3) is 5.65 Å². The number of hydrogen-bond donors (Lipinski definition) is 3. The predicted octanol–water partition coefficient (Wildman–Crippen LogP) is 3.20. The molecular weight excluding hydrogens is 349 g/mol. The molecule has 0 fully saturated rings. The molecule has 3 N–H and O–H groups in total. The summed E-state index contributed by atoms with van der Waals surface area (Å²) in [5.41, 5.74) is 1.14. The third-order valence-corrected chi connectivity index (χ3v) is 3.60. The molecule has 0 radical (unpaired) electrons. The van der Waals surface area contributed by atoms with Gasteiger partial charge in [-0.1, -0.05) is 25.7 Å². The maximum atomic E-state index is 13.0. The number of unbranched alkanes of at least 4 members (excludes halogenated alkanes) is 3. The van der Waals surface area contributed by atoms with Crippen molar-refractivity contribution in [2.75, 3.05) is 11.9 Å². The van der Waals surface area contributed by atoms with Crippen LogP contribution >= 0.6 is 0 Å². The van der Waals surface area contributed by atoms with E-state index in [-0.39, 0.29) is 23.7 Å². The zero-order valence-corrected chi connectivity index (χ0v) is 14.2. The topological polar surface area (TPSA) is 78.7 Å². The monoisotopic (exact) mass is 368 g/mol. The van der Waals surface area contributed by atoms with Gasteiger partial charge in [-0.25, -0.2) is 10.5 Å². The summed E-state index contributed by atoms with van der Waals surface area (Å²) in [5, 5.41) is 11.2. The minimum absolute atomic E-state index is 0.177. The van der Waals surface area contributed by atoms with E-state index in [1.807, 2.05) is 0 Å². The number of fused-ring (bicyclic) bond motifs is 1. The molecule has 2 aromatic rings. The minimum Gasteiger partial charge on any atom is -0.359 e. The normalized spacial score (nSPS) is 11.1. The molecule has 0 unspecified atom stereocenters. The van der Waals surface area contributed by atoms with Gasteiger partial charge in [-0.2, -0.15) is 13.2 Å². The Bertz CT molecular complexity index is 834. The maximum Gasteiger partial charge on any atom is 0.417 e. The first-order valence-electron chi connectivity index (χ1n) is 8.11. The molecule has 0 saturated heterocycles. The molecule has 6 nitrogen and oxygen atoms in total. The molecule has 9 heteroatoms. The fraction of sp³-hybridized carbons (Fsp3) is 0.412. The van der Waals surface area contributed by atoms with Gasteiger partial charge in [-0.3, -0.25) is 14.4 Å². The number of alkyl halides is 3. The minimum atomic E-state index is -4.49. The van der Waals surface area contributed by atoms with Gasteiger partial charge in [0, 0.05) is 12.6 Å². The van der Waals surface area contributed by atoms with Crippen LogP contribution in [-0.2, 0) is 11.0 Å². The van der Waals surface area contributed by atoms with Gasteiger partial charge in [-0.15, -0.1) is 0 Å². The second kappa shape index (κ2) is 8.58. The molecule has 0 spiro atoms. The summed E-state index contributed by atoms with van der Waals surface area (Å²) in [6.07, 6.45) is -0.0121. The molecular formula is C17H19F3N4O2. The van der Waals surface area contributed by atoms with E-state index in [0.717, 1.165) is 31.5 Å². The summed E-state index contributed by atoms with van der Waals surface area (Å²) < 4.78 is 40.2. The van der Waals surface area contributed by atoms with Crippen molar-refractivity contribution in [3.8, 4) is 11.8 Å². The summed E-state index contributed by atoms with van der Waals surface area (Å²) in [4.78, 5) is 15.4. The Labute approximate surface area is 148 Å². The zero-order chi connectivity index (χ0) is 19.2. The molecule has 0 atom stereocenters.